The van der Waals surface area contributed by atoms with E-state index in [2.05, 4.69) is 5.32 Å². The monoisotopic (exact) mass is 310 g/mol. The van der Waals surface area contributed by atoms with Gasteiger partial charge in [-0.1, -0.05) is 19.1 Å². The van der Waals surface area contributed by atoms with Gasteiger partial charge >= 0.3 is 0 Å². The molecule has 0 radical (unpaired) electrons. The molecule has 1 atom stereocenters. The van der Waals surface area contributed by atoms with Crippen LogP contribution in [0.2, 0.25) is 0 Å². The van der Waals surface area contributed by atoms with E-state index in [-0.39, 0.29) is 28.2 Å². The molecule has 1 N–H and O–H groups in total. The van der Waals surface area contributed by atoms with Crippen molar-refractivity contribution in [3.05, 3.63) is 29.8 Å². The molecule has 2 rings (SSSR count). The van der Waals surface area contributed by atoms with E-state index in [0.717, 1.165) is 12.8 Å². The number of hydrogen-bond acceptors (Lipinski definition) is 4. The molecule has 1 saturated heterocycles. The van der Waals surface area contributed by atoms with Crippen LogP contribution in [0.1, 0.15) is 30.1 Å². The standard InChI is InChI=1S/C15H22N2O3S/c1-3-21(19,20)14-9-5-4-8-13(14)15(18)17-10-6-7-12(11-17)16-2/h4-5,8-9,12,16H,3,6-7,10-11H2,1-2H3. The van der Waals surface area contributed by atoms with Crippen molar-refractivity contribution in [2.24, 2.45) is 0 Å². The molecule has 1 aliphatic rings. The fourth-order valence-corrected chi connectivity index (χ4v) is 3.72. The van der Waals surface area contributed by atoms with Gasteiger partial charge < -0.3 is 10.2 Å². The smallest absolute Gasteiger partial charge is 0.255 e. The van der Waals surface area contributed by atoms with Crippen LogP contribution in [-0.4, -0.2) is 51.2 Å². The number of nitrogens with one attached hydrogen (secondary N) is 1. The summed E-state index contributed by atoms with van der Waals surface area (Å²) in [6.45, 7) is 2.89. The topological polar surface area (TPSA) is 66.5 Å². The number of piperidine rings is 1. The molecule has 0 saturated carbocycles. The molecule has 1 unspecified atom stereocenters. The number of benzene rings is 1. The number of carbonyl (C=O) groups is 1. The Morgan fingerprint density at radius 1 is 1.38 bits per heavy atom. The highest BCUT2D eigenvalue weighted by molar-refractivity contribution is 7.91. The summed E-state index contributed by atoms with van der Waals surface area (Å²) in [7, 11) is -1.51. The van der Waals surface area contributed by atoms with E-state index in [1.807, 2.05) is 7.05 Å². The van der Waals surface area contributed by atoms with Gasteiger partial charge in [-0.25, -0.2) is 8.42 Å². The Balaban J connectivity index is 2.32. The van der Waals surface area contributed by atoms with E-state index < -0.39 is 9.84 Å². The highest BCUT2D eigenvalue weighted by Gasteiger charge is 2.27. The summed E-state index contributed by atoms with van der Waals surface area (Å²) in [5.41, 5.74) is 0.288. The summed E-state index contributed by atoms with van der Waals surface area (Å²) in [6.07, 6.45) is 1.97. The van der Waals surface area contributed by atoms with Gasteiger partial charge in [0.1, 0.15) is 0 Å². The van der Waals surface area contributed by atoms with E-state index in [0.29, 0.717) is 13.1 Å². The summed E-state index contributed by atoms with van der Waals surface area (Å²) >= 11 is 0. The molecule has 116 valence electrons. The normalized spacial score (nSPS) is 19.5. The van der Waals surface area contributed by atoms with Crippen LogP contribution < -0.4 is 5.32 Å². The Labute approximate surface area is 126 Å². The lowest BCUT2D eigenvalue weighted by molar-refractivity contribution is 0.0694. The molecule has 1 amide bonds. The van der Waals surface area contributed by atoms with Crippen LogP contribution in [-0.2, 0) is 9.84 Å². The zero-order valence-corrected chi connectivity index (χ0v) is 13.3. The largest absolute Gasteiger partial charge is 0.337 e. The quantitative estimate of drug-likeness (QED) is 0.910. The number of rotatable bonds is 4. The van der Waals surface area contributed by atoms with Crippen molar-refractivity contribution in [2.75, 3.05) is 25.9 Å². The van der Waals surface area contributed by atoms with Crippen molar-refractivity contribution in [2.45, 2.75) is 30.7 Å². The maximum atomic E-state index is 12.7. The number of hydrogen-bond donors (Lipinski definition) is 1. The van der Waals surface area contributed by atoms with Gasteiger partial charge in [-0.3, -0.25) is 4.79 Å². The molecule has 0 aliphatic carbocycles. The first-order valence-corrected chi connectivity index (χ1v) is 8.93. The van der Waals surface area contributed by atoms with Gasteiger partial charge in [-0.15, -0.1) is 0 Å². The van der Waals surface area contributed by atoms with Gasteiger partial charge in [0, 0.05) is 19.1 Å². The van der Waals surface area contributed by atoms with Gasteiger partial charge in [-0.05, 0) is 32.0 Å². The summed E-state index contributed by atoms with van der Waals surface area (Å²) < 4.78 is 24.3. The molecule has 0 bridgehead atoms. The molecule has 1 aliphatic heterocycles. The zero-order chi connectivity index (χ0) is 15.5. The minimum absolute atomic E-state index is 0.00354. The average molecular weight is 310 g/mol. The van der Waals surface area contributed by atoms with Crippen LogP contribution in [0.25, 0.3) is 0 Å². The van der Waals surface area contributed by atoms with Gasteiger partial charge in [0.25, 0.3) is 5.91 Å². The molecule has 1 aromatic carbocycles. The van der Waals surface area contributed by atoms with Crippen LogP contribution >= 0.6 is 0 Å². The number of nitrogens with zero attached hydrogens (tertiary/aromatic N) is 1. The first-order chi connectivity index (χ1) is 9.99. The lowest BCUT2D eigenvalue weighted by Crippen LogP contribution is -2.47. The fourth-order valence-electron chi connectivity index (χ4n) is 2.64. The maximum absolute atomic E-state index is 12.7. The predicted molar refractivity (Wildman–Crippen MR) is 82.2 cm³/mol. The van der Waals surface area contributed by atoms with Crippen LogP contribution in [0, 0.1) is 0 Å². The summed E-state index contributed by atoms with van der Waals surface area (Å²) in [4.78, 5) is 14.6. The molecule has 0 spiro atoms. The Bertz CT molecular complexity index is 613. The number of amides is 1. The summed E-state index contributed by atoms with van der Waals surface area (Å²) in [5, 5.41) is 3.18. The summed E-state index contributed by atoms with van der Waals surface area (Å²) in [6, 6.07) is 6.77. The zero-order valence-electron chi connectivity index (χ0n) is 12.5. The van der Waals surface area contributed by atoms with Crippen molar-refractivity contribution in [3.63, 3.8) is 0 Å². The molecule has 6 heteroatoms. The lowest BCUT2D eigenvalue weighted by Gasteiger charge is -2.33. The average Bonchev–Trinajstić information content (AvgIpc) is 2.54. The molecular formula is C15H22N2O3S. The van der Waals surface area contributed by atoms with Crippen molar-refractivity contribution < 1.29 is 13.2 Å². The van der Waals surface area contributed by atoms with E-state index >= 15 is 0 Å². The van der Waals surface area contributed by atoms with Crippen LogP contribution in [0.5, 0.6) is 0 Å². The molecule has 1 aromatic rings. The lowest BCUT2D eigenvalue weighted by atomic mass is 10.0. The SMILES string of the molecule is CCS(=O)(=O)c1ccccc1C(=O)N1CCCC(NC)C1. The fraction of sp³-hybridized carbons (Fsp3) is 0.533. The minimum Gasteiger partial charge on any atom is -0.337 e. The molecule has 5 nitrogen and oxygen atoms in total. The minimum atomic E-state index is -3.39. The first kappa shape index (κ1) is 16.0. The van der Waals surface area contributed by atoms with Crippen molar-refractivity contribution in [1.82, 2.24) is 10.2 Å². The molecule has 1 fully saturated rings. The highest BCUT2D eigenvalue weighted by Crippen LogP contribution is 2.21. The van der Waals surface area contributed by atoms with Gasteiger partial charge in [-0.2, -0.15) is 0 Å². The van der Waals surface area contributed by atoms with E-state index in [1.165, 1.54) is 6.07 Å². The van der Waals surface area contributed by atoms with Crippen LogP contribution in [0.4, 0.5) is 0 Å². The molecular weight excluding hydrogens is 288 g/mol. The molecule has 21 heavy (non-hydrogen) atoms. The number of carbonyl (C=O) groups excluding carboxylic acids is 1. The third-order valence-corrected chi connectivity index (χ3v) is 5.74. The number of sulfone groups is 1. The first-order valence-electron chi connectivity index (χ1n) is 7.28. The predicted octanol–water partition coefficient (Wildman–Crippen LogP) is 1.30. The second-order valence-corrected chi connectivity index (χ2v) is 7.53. The third-order valence-electron chi connectivity index (χ3n) is 3.95. The third kappa shape index (κ3) is 3.44. The molecule has 1 heterocycles. The van der Waals surface area contributed by atoms with E-state index in [9.17, 15) is 13.2 Å². The second-order valence-electron chi connectivity index (χ2n) is 5.28. The van der Waals surface area contributed by atoms with Crippen molar-refractivity contribution in [3.8, 4) is 0 Å². The number of likely N-dealkylation sites (N-methyl/N-ethyl adjacent to an activating group) is 1. The Hall–Kier alpha value is -1.40. The number of likely N-dealkylation sites (tertiary alicyclic amines) is 1. The van der Waals surface area contributed by atoms with Crippen molar-refractivity contribution in [1.29, 1.82) is 0 Å². The van der Waals surface area contributed by atoms with Crippen LogP contribution in [0.15, 0.2) is 29.2 Å². The van der Waals surface area contributed by atoms with Gasteiger partial charge in [0.05, 0.1) is 16.2 Å². The Kier molecular flexibility index (Phi) is 5.00. The Morgan fingerprint density at radius 3 is 2.76 bits per heavy atom. The molecule has 0 aromatic heterocycles. The van der Waals surface area contributed by atoms with Gasteiger partial charge in [0.2, 0.25) is 0 Å². The van der Waals surface area contributed by atoms with Crippen molar-refractivity contribution >= 4 is 15.7 Å². The van der Waals surface area contributed by atoms with E-state index in [1.54, 1.807) is 30.0 Å². The second kappa shape index (κ2) is 6.58. The van der Waals surface area contributed by atoms with Crippen LogP contribution in [0.3, 0.4) is 0 Å². The highest BCUT2D eigenvalue weighted by atomic mass is 32.2. The maximum Gasteiger partial charge on any atom is 0.255 e. The van der Waals surface area contributed by atoms with Gasteiger partial charge in [0.15, 0.2) is 9.84 Å². The Morgan fingerprint density at radius 2 is 2.10 bits per heavy atom. The van der Waals surface area contributed by atoms with E-state index in [4.69, 9.17) is 0 Å². The summed E-state index contributed by atoms with van der Waals surface area (Å²) in [5.74, 6) is -0.196.